The van der Waals surface area contributed by atoms with Crippen LogP contribution >= 0.6 is 0 Å². The lowest BCUT2D eigenvalue weighted by molar-refractivity contribution is 0.404. The van der Waals surface area contributed by atoms with Crippen LogP contribution in [0.2, 0.25) is 0 Å². The zero-order valence-electron chi connectivity index (χ0n) is 12.7. The number of pyridine rings is 1. The van der Waals surface area contributed by atoms with Crippen molar-refractivity contribution >= 4 is 5.65 Å². The molecule has 0 spiro atoms. The van der Waals surface area contributed by atoms with E-state index in [0.29, 0.717) is 0 Å². The number of aryl methyl sites for hydroxylation is 2. The fourth-order valence-electron chi connectivity index (χ4n) is 2.68. The summed E-state index contributed by atoms with van der Waals surface area (Å²) in [5.41, 5.74) is 5.25. The second kappa shape index (κ2) is 5.13. The van der Waals surface area contributed by atoms with Gasteiger partial charge in [-0.2, -0.15) is 0 Å². The van der Waals surface area contributed by atoms with Gasteiger partial charge in [-0.1, -0.05) is 0 Å². The van der Waals surface area contributed by atoms with Crippen LogP contribution in [0.3, 0.4) is 0 Å². The molecule has 21 heavy (non-hydrogen) atoms. The van der Waals surface area contributed by atoms with Gasteiger partial charge in [-0.3, -0.25) is 4.40 Å². The molecule has 0 saturated heterocycles. The monoisotopic (exact) mass is 282 g/mol. The lowest BCUT2D eigenvalue weighted by Crippen LogP contribution is -1.97. The molecule has 0 saturated carbocycles. The molecule has 3 aromatic rings. The van der Waals surface area contributed by atoms with Crippen molar-refractivity contribution in [2.24, 2.45) is 0 Å². The van der Waals surface area contributed by atoms with Gasteiger partial charge in [0.25, 0.3) is 0 Å². The summed E-state index contributed by atoms with van der Waals surface area (Å²) in [6.45, 7) is 4.16. The number of methoxy groups -OCH3 is 2. The normalized spacial score (nSPS) is 10.9. The summed E-state index contributed by atoms with van der Waals surface area (Å²) < 4.78 is 12.9. The largest absolute Gasteiger partial charge is 0.497 e. The Labute approximate surface area is 124 Å². The minimum Gasteiger partial charge on any atom is -0.497 e. The van der Waals surface area contributed by atoms with Crippen LogP contribution in [0.4, 0.5) is 0 Å². The first-order valence-electron chi connectivity index (χ1n) is 6.81. The van der Waals surface area contributed by atoms with E-state index in [0.717, 1.165) is 34.1 Å². The number of imidazole rings is 1. The van der Waals surface area contributed by atoms with Crippen molar-refractivity contribution < 1.29 is 9.47 Å². The number of nitrogens with zero attached hydrogens (tertiary/aromatic N) is 2. The summed E-state index contributed by atoms with van der Waals surface area (Å²) in [5, 5.41) is 0. The molecule has 1 aromatic carbocycles. The van der Waals surface area contributed by atoms with Crippen LogP contribution in [-0.2, 0) is 0 Å². The number of fused-ring (bicyclic) bond motifs is 1. The van der Waals surface area contributed by atoms with Gasteiger partial charge in [-0.05, 0) is 49.7 Å². The van der Waals surface area contributed by atoms with Gasteiger partial charge in [0.1, 0.15) is 17.1 Å². The Morgan fingerprint density at radius 2 is 1.81 bits per heavy atom. The van der Waals surface area contributed by atoms with Gasteiger partial charge in [0.15, 0.2) is 0 Å². The van der Waals surface area contributed by atoms with Crippen molar-refractivity contribution in [2.45, 2.75) is 13.8 Å². The Hall–Kier alpha value is -2.49. The molecular weight excluding hydrogens is 264 g/mol. The molecule has 0 atom stereocenters. The van der Waals surface area contributed by atoms with Gasteiger partial charge >= 0.3 is 0 Å². The molecule has 4 heteroatoms. The molecule has 0 unspecified atom stereocenters. The highest BCUT2D eigenvalue weighted by Crippen LogP contribution is 2.34. The summed E-state index contributed by atoms with van der Waals surface area (Å²) in [5.74, 6) is 1.60. The number of ether oxygens (including phenoxy) is 2. The van der Waals surface area contributed by atoms with E-state index in [1.807, 2.05) is 24.4 Å². The third kappa shape index (κ3) is 2.23. The fraction of sp³-hybridized carbons (Fsp3) is 0.235. The molecule has 4 nitrogen and oxygen atoms in total. The molecule has 2 aromatic heterocycles. The van der Waals surface area contributed by atoms with Crippen LogP contribution in [0, 0.1) is 13.8 Å². The van der Waals surface area contributed by atoms with Crippen LogP contribution in [0.15, 0.2) is 36.5 Å². The SMILES string of the molecule is COc1ccc(OC)c(-c2cnc3cc(C)cc(C)n23)c1. The van der Waals surface area contributed by atoms with Crippen LogP contribution in [-0.4, -0.2) is 23.6 Å². The summed E-state index contributed by atoms with van der Waals surface area (Å²) in [6.07, 6.45) is 1.87. The Morgan fingerprint density at radius 3 is 2.52 bits per heavy atom. The number of rotatable bonds is 3. The minimum atomic E-state index is 0.797. The molecule has 0 fully saturated rings. The van der Waals surface area contributed by atoms with E-state index in [9.17, 15) is 0 Å². The second-order valence-corrected chi connectivity index (χ2v) is 5.08. The molecule has 2 heterocycles. The summed E-state index contributed by atoms with van der Waals surface area (Å²) in [4.78, 5) is 4.51. The van der Waals surface area contributed by atoms with Crippen LogP contribution in [0.25, 0.3) is 16.9 Å². The highest BCUT2D eigenvalue weighted by atomic mass is 16.5. The molecule has 0 aliphatic rings. The van der Waals surface area contributed by atoms with E-state index in [-0.39, 0.29) is 0 Å². The van der Waals surface area contributed by atoms with Crippen molar-refractivity contribution in [1.29, 1.82) is 0 Å². The molecular formula is C17H18N2O2. The predicted molar refractivity (Wildman–Crippen MR) is 83.2 cm³/mol. The molecule has 108 valence electrons. The van der Waals surface area contributed by atoms with Crippen molar-refractivity contribution in [2.75, 3.05) is 14.2 Å². The summed E-state index contributed by atoms with van der Waals surface area (Å²) >= 11 is 0. The molecule has 0 N–H and O–H groups in total. The van der Waals surface area contributed by atoms with Crippen LogP contribution < -0.4 is 9.47 Å². The summed E-state index contributed by atoms with van der Waals surface area (Å²) in [7, 11) is 3.33. The molecule has 0 amide bonds. The first-order chi connectivity index (χ1) is 10.1. The van der Waals surface area contributed by atoms with Crippen molar-refractivity contribution in [3.63, 3.8) is 0 Å². The van der Waals surface area contributed by atoms with Gasteiger partial charge in [-0.25, -0.2) is 4.98 Å². The Bertz CT molecular complexity index is 806. The molecule has 0 aliphatic heterocycles. The standard InChI is InChI=1S/C17H18N2O2/c1-11-7-12(2)19-15(10-18-17(19)8-11)14-9-13(20-3)5-6-16(14)21-4/h5-10H,1-4H3. The van der Waals surface area contributed by atoms with E-state index in [1.165, 1.54) is 5.56 Å². The maximum atomic E-state index is 5.48. The Kier molecular flexibility index (Phi) is 3.29. The lowest BCUT2D eigenvalue weighted by atomic mass is 10.1. The summed E-state index contributed by atoms with van der Waals surface area (Å²) in [6, 6.07) is 10.00. The maximum absolute atomic E-state index is 5.48. The van der Waals surface area contributed by atoms with E-state index >= 15 is 0 Å². The number of benzene rings is 1. The van der Waals surface area contributed by atoms with Crippen molar-refractivity contribution in [1.82, 2.24) is 9.38 Å². The third-order valence-corrected chi connectivity index (χ3v) is 3.62. The Morgan fingerprint density at radius 1 is 1.00 bits per heavy atom. The van der Waals surface area contributed by atoms with Gasteiger partial charge < -0.3 is 9.47 Å². The Balaban J connectivity index is 2.30. The van der Waals surface area contributed by atoms with Gasteiger partial charge in [0.2, 0.25) is 0 Å². The first kappa shape index (κ1) is 13.5. The van der Waals surface area contributed by atoms with Gasteiger partial charge in [0, 0.05) is 11.3 Å². The lowest BCUT2D eigenvalue weighted by Gasteiger charge is -2.12. The quantitative estimate of drug-likeness (QED) is 0.736. The zero-order chi connectivity index (χ0) is 15.0. The zero-order valence-corrected chi connectivity index (χ0v) is 12.7. The van der Waals surface area contributed by atoms with E-state index in [2.05, 4.69) is 35.4 Å². The van der Waals surface area contributed by atoms with Crippen molar-refractivity contribution in [3.05, 3.63) is 47.8 Å². The van der Waals surface area contributed by atoms with Gasteiger partial charge in [-0.15, -0.1) is 0 Å². The minimum absolute atomic E-state index is 0.797. The predicted octanol–water partition coefficient (Wildman–Crippen LogP) is 3.64. The molecule has 0 aliphatic carbocycles. The molecule has 0 bridgehead atoms. The molecule has 3 rings (SSSR count). The topological polar surface area (TPSA) is 35.8 Å². The second-order valence-electron chi connectivity index (χ2n) is 5.08. The highest BCUT2D eigenvalue weighted by Gasteiger charge is 2.14. The fourth-order valence-corrected chi connectivity index (χ4v) is 2.68. The number of aromatic nitrogens is 2. The third-order valence-electron chi connectivity index (χ3n) is 3.62. The maximum Gasteiger partial charge on any atom is 0.137 e. The van der Waals surface area contributed by atoms with Crippen molar-refractivity contribution in [3.8, 4) is 22.8 Å². The first-order valence-corrected chi connectivity index (χ1v) is 6.81. The number of hydrogen-bond acceptors (Lipinski definition) is 3. The van der Waals surface area contributed by atoms with Crippen LogP contribution in [0.1, 0.15) is 11.3 Å². The van der Waals surface area contributed by atoms with E-state index in [1.54, 1.807) is 14.2 Å². The molecule has 0 radical (unpaired) electrons. The smallest absolute Gasteiger partial charge is 0.137 e. The van der Waals surface area contributed by atoms with Gasteiger partial charge in [0.05, 0.1) is 26.1 Å². The average Bonchev–Trinajstić information content (AvgIpc) is 2.90. The van der Waals surface area contributed by atoms with E-state index in [4.69, 9.17) is 9.47 Å². The highest BCUT2D eigenvalue weighted by molar-refractivity contribution is 5.72. The number of hydrogen-bond donors (Lipinski definition) is 0. The average molecular weight is 282 g/mol. The van der Waals surface area contributed by atoms with E-state index < -0.39 is 0 Å². The van der Waals surface area contributed by atoms with Crippen LogP contribution in [0.5, 0.6) is 11.5 Å².